The number of nitrogens with zero attached hydrogens (tertiary/aromatic N) is 2. The van der Waals surface area contributed by atoms with E-state index in [1.807, 2.05) is 40.5 Å². The maximum absolute atomic E-state index is 11.9. The van der Waals surface area contributed by atoms with Gasteiger partial charge in [-0.3, -0.25) is 5.43 Å². The van der Waals surface area contributed by atoms with E-state index < -0.39 is 5.41 Å². The Bertz CT molecular complexity index is 1520. The zero-order valence-corrected chi connectivity index (χ0v) is 28.0. The largest absolute Gasteiger partial charge is 0.507 e. The number of phenols is 2. The molecule has 0 fully saturated rings. The van der Waals surface area contributed by atoms with Gasteiger partial charge in [-0.15, -0.1) is 0 Å². The molecule has 0 atom stereocenters. The van der Waals surface area contributed by atoms with Crippen LogP contribution < -0.4 is 15.6 Å². The molecule has 0 spiro atoms. The van der Waals surface area contributed by atoms with Gasteiger partial charge in [0.2, 0.25) is 0 Å². The summed E-state index contributed by atoms with van der Waals surface area (Å²) < 4.78 is 0. The molecule has 1 aliphatic rings. The lowest BCUT2D eigenvalue weighted by molar-refractivity contribution is 0.281. The second-order valence-corrected chi connectivity index (χ2v) is 16.0. The van der Waals surface area contributed by atoms with Gasteiger partial charge in [0, 0.05) is 27.3 Å². The fourth-order valence-electron chi connectivity index (χ4n) is 5.59. The van der Waals surface area contributed by atoms with E-state index in [4.69, 9.17) is 11.6 Å². The third-order valence-electron chi connectivity index (χ3n) is 7.90. The molecule has 0 aliphatic carbocycles. The second kappa shape index (κ2) is 10.3. The van der Waals surface area contributed by atoms with E-state index in [0.717, 1.165) is 28.1 Å². The lowest BCUT2D eigenvalue weighted by Gasteiger charge is -2.39. The van der Waals surface area contributed by atoms with Crippen molar-refractivity contribution in [1.29, 1.82) is 0 Å². The fourth-order valence-corrected chi connectivity index (χ4v) is 5.76. The molecule has 0 amide bonds. The van der Waals surface area contributed by atoms with Gasteiger partial charge in [-0.1, -0.05) is 101 Å². The van der Waals surface area contributed by atoms with Crippen LogP contribution in [0.2, 0.25) is 5.02 Å². The van der Waals surface area contributed by atoms with E-state index in [2.05, 4.69) is 94.6 Å². The van der Waals surface area contributed by atoms with Gasteiger partial charge in [0.15, 0.2) is 0 Å². The van der Waals surface area contributed by atoms with E-state index >= 15 is 0 Å². The molecule has 0 saturated carbocycles. The Morgan fingerprint density at radius 2 is 1.26 bits per heavy atom. The number of hydrazine groups is 2. The number of phenolic OH excluding ortho intramolecular Hbond substituents is 2. The Balaban J connectivity index is 2.16. The van der Waals surface area contributed by atoms with Gasteiger partial charge in [0.05, 0.1) is 23.7 Å². The summed E-state index contributed by atoms with van der Waals surface area (Å²) >= 11 is 6.46. The van der Waals surface area contributed by atoms with Crippen molar-refractivity contribution >= 4 is 34.4 Å². The minimum Gasteiger partial charge on any atom is -0.507 e. The number of fused-ring (bicyclic) bond motifs is 1. The molecule has 228 valence electrons. The topological polar surface area (TPSA) is 79.2 Å². The molecule has 42 heavy (non-hydrogen) atoms. The SMILES string of the molecule is CC(C)(C)c1cc(N2Nc3cc(Cl)ccc3N2c2c(CO)cc(C(C)(C)C)c(O)c2C(C)(C)C)c(O)c(C(C)(C)C)c1. The summed E-state index contributed by atoms with van der Waals surface area (Å²) in [6.45, 7) is 24.9. The smallest absolute Gasteiger partial charge is 0.146 e. The van der Waals surface area contributed by atoms with E-state index in [0.29, 0.717) is 27.5 Å². The van der Waals surface area contributed by atoms with Crippen molar-refractivity contribution < 1.29 is 15.3 Å². The number of hydrogen-bond donors (Lipinski definition) is 4. The van der Waals surface area contributed by atoms with Crippen LogP contribution in [0.3, 0.4) is 0 Å². The van der Waals surface area contributed by atoms with Crippen molar-refractivity contribution in [2.75, 3.05) is 15.6 Å². The van der Waals surface area contributed by atoms with Crippen LogP contribution in [0.1, 0.15) is 111 Å². The molecule has 0 unspecified atom stereocenters. The Morgan fingerprint density at radius 3 is 1.76 bits per heavy atom. The first-order chi connectivity index (χ1) is 19.1. The summed E-state index contributed by atoms with van der Waals surface area (Å²) in [7, 11) is 0. The highest BCUT2D eigenvalue weighted by Gasteiger charge is 2.40. The molecule has 0 radical (unpaired) electrons. The molecule has 4 N–H and O–H groups in total. The standard InChI is InChI=1S/C35H48ClN3O3/c1-32(2,3)21-16-24(34(7,8)9)30(41)27(17-21)39-37-25-18-22(36)13-14-26(25)38(39)29-20(19-40)15-23(33(4,5)6)31(42)28(29)35(10,11)12/h13-18,37,40-42H,19H2,1-12H3. The van der Waals surface area contributed by atoms with Gasteiger partial charge < -0.3 is 15.3 Å². The van der Waals surface area contributed by atoms with Gasteiger partial charge in [-0.25, -0.2) is 5.01 Å². The number of anilines is 4. The highest BCUT2D eigenvalue weighted by atomic mass is 35.5. The highest BCUT2D eigenvalue weighted by Crippen LogP contribution is 2.53. The summed E-state index contributed by atoms with van der Waals surface area (Å²) in [6, 6.07) is 11.6. The summed E-state index contributed by atoms with van der Waals surface area (Å²) in [4.78, 5) is 0. The van der Waals surface area contributed by atoms with Crippen LogP contribution in [0.5, 0.6) is 11.5 Å². The number of hydrogen-bond acceptors (Lipinski definition) is 6. The molecule has 3 aromatic rings. The number of rotatable bonds is 3. The van der Waals surface area contributed by atoms with Gasteiger partial charge in [-0.2, -0.15) is 5.12 Å². The maximum atomic E-state index is 11.9. The number of aliphatic hydroxyl groups is 1. The summed E-state index contributed by atoms with van der Waals surface area (Å²) in [5, 5.41) is 39.0. The average molecular weight is 594 g/mol. The minimum atomic E-state index is -0.503. The van der Waals surface area contributed by atoms with E-state index in [9.17, 15) is 15.3 Å². The van der Waals surface area contributed by atoms with Gasteiger partial charge in [-0.05, 0) is 57.6 Å². The van der Waals surface area contributed by atoms with Crippen molar-refractivity contribution in [2.45, 2.75) is 111 Å². The Morgan fingerprint density at radius 1 is 0.690 bits per heavy atom. The number of benzene rings is 3. The number of aromatic hydroxyl groups is 2. The van der Waals surface area contributed by atoms with Crippen LogP contribution in [-0.4, -0.2) is 15.3 Å². The van der Waals surface area contributed by atoms with Crippen molar-refractivity contribution in [1.82, 2.24) is 0 Å². The van der Waals surface area contributed by atoms with Crippen LogP contribution in [0.25, 0.3) is 0 Å². The molecule has 0 bridgehead atoms. The molecule has 3 aromatic carbocycles. The first kappa shape index (κ1) is 31.8. The van der Waals surface area contributed by atoms with Crippen molar-refractivity contribution in [3.05, 3.63) is 69.2 Å². The number of nitrogens with one attached hydrogen (secondary N) is 1. The second-order valence-electron chi connectivity index (χ2n) is 15.6. The molecule has 6 nitrogen and oxygen atoms in total. The van der Waals surface area contributed by atoms with Crippen molar-refractivity contribution in [3.63, 3.8) is 0 Å². The third kappa shape index (κ3) is 5.63. The maximum Gasteiger partial charge on any atom is 0.146 e. The normalized spacial score (nSPS) is 14.3. The molecule has 4 rings (SSSR count). The molecule has 0 saturated heterocycles. The van der Waals surface area contributed by atoms with Gasteiger partial charge >= 0.3 is 0 Å². The Hall–Kier alpha value is -3.09. The predicted molar refractivity (Wildman–Crippen MR) is 177 cm³/mol. The molecular formula is C35H48ClN3O3. The zero-order valence-electron chi connectivity index (χ0n) is 27.3. The Labute approximate surface area is 256 Å². The van der Waals surface area contributed by atoms with Crippen LogP contribution in [0.4, 0.5) is 22.7 Å². The van der Waals surface area contributed by atoms with Crippen LogP contribution in [0.15, 0.2) is 36.4 Å². The van der Waals surface area contributed by atoms with E-state index in [1.165, 1.54) is 0 Å². The molecule has 1 heterocycles. The molecular weight excluding hydrogens is 546 g/mol. The molecule has 7 heteroatoms. The highest BCUT2D eigenvalue weighted by molar-refractivity contribution is 6.31. The van der Waals surface area contributed by atoms with E-state index in [-0.39, 0.29) is 34.4 Å². The fraction of sp³-hybridized carbons (Fsp3) is 0.486. The Kier molecular flexibility index (Phi) is 7.79. The molecule has 1 aliphatic heterocycles. The van der Waals surface area contributed by atoms with Crippen LogP contribution >= 0.6 is 11.6 Å². The summed E-state index contributed by atoms with van der Waals surface area (Å²) in [6.07, 6.45) is 0. The van der Waals surface area contributed by atoms with Crippen molar-refractivity contribution in [3.8, 4) is 11.5 Å². The lowest BCUT2D eigenvalue weighted by Crippen LogP contribution is -2.41. The van der Waals surface area contributed by atoms with Crippen molar-refractivity contribution in [2.24, 2.45) is 0 Å². The predicted octanol–water partition coefficient (Wildman–Crippen LogP) is 9.33. The monoisotopic (exact) mass is 593 g/mol. The first-order valence-electron chi connectivity index (χ1n) is 14.6. The quantitative estimate of drug-likeness (QED) is 0.242. The lowest BCUT2D eigenvalue weighted by atomic mass is 9.77. The average Bonchev–Trinajstić information content (AvgIpc) is 3.18. The van der Waals surface area contributed by atoms with Gasteiger partial charge in [0.25, 0.3) is 0 Å². The third-order valence-corrected chi connectivity index (χ3v) is 8.13. The summed E-state index contributed by atoms with van der Waals surface area (Å²) in [5.41, 5.74) is 8.86. The number of aliphatic hydroxyl groups excluding tert-OH is 1. The van der Waals surface area contributed by atoms with Gasteiger partial charge in [0.1, 0.15) is 17.2 Å². The zero-order chi connectivity index (χ0) is 31.7. The first-order valence-corrected chi connectivity index (χ1v) is 15.0. The number of halogens is 1. The van der Waals surface area contributed by atoms with Crippen LogP contribution in [0, 0.1) is 0 Å². The van der Waals surface area contributed by atoms with E-state index in [1.54, 1.807) is 0 Å². The van der Waals surface area contributed by atoms with Crippen LogP contribution in [-0.2, 0) is 28.3 Å². The minimum absolute atomic E-state index is 0.158. The summed E-state index contributed by atoms with van der Waals surface area (Å²) in [5.74, 6) is 0.359. The molecule has 0 aromatic heterocycles.